The molecule has 2 heterocycles. The number of aryl methyl sites for hydroxylation is 1. The summed E-state index contributed by atoms with van der Waals surface area (Å²) in [5.74, 6) is 0.131. The molecule has 1 aromatic rings. The predicted octanol–water partition coefficient (Wildman–Crippen LogP) is 2.18. The number of aliphatic imine (C=N–C) groups is 1. The van der Waals surface area contributed by atoms with Gasteiger partial charge in [-0.2, -0.15) is 0 Å². The Morgan fingerprint density at radius 1 is 1.39 bits per heavy atom. The van der Waals surface area contributed by atoms with Crippen LogP contribution in [0.25, 0.3) is 0 Å². The predicted molar refractivity (Wildman–Crippen MR) is 119 cm³/mol. The minimum Gasteiger partial charge on any atom is -0.381 e. The maximum absolute atomic E-state index is 13.6. The van der Waals surface area contributed by atoms with Gasteiger partial charge in [-0.3, -0.25) is 9.71 Å². The molecule has 1 unspecified atom stereocenters. The monoisotopic (exact) mass is 526 g/mol. The number of guanidine groups is 1. The number of rotatable bonds is 5. The number of hydrogen-bond acceptors (Lipinski definition) is 4. The molecule has 3 rings (SSSR count). The number of nitrogens with one attached hydrogen (secondary N) is 2. The van der Waals surface area contributed by atoms with E-state index in [2.05, 4.69) is 19.9 Å². The van der Waals surface area contributed by atoms with Crippen LogP contribution in [0.3, 0.4) is 0 Å². The van der Waals surface area contributed by atoms with Gasteiger partial charge in [-0.05, 0) is 37.5 Å². The molecule has 0 saturated carbocycles. The van der Waals surface area contributed by atoms with Crippen molar-refractivity contribution < 1.29 is 17.5 Å². The normalized spacial score (nSPS) is 22.4. The average molecular weight is 526 g/mol. The molecule has 0 radical (unpaired) electrons. The number of hydrogen-bond donors (Lipinski definition) is 2. The van der Waals surface area contributed by atoms with Crippen molar-refractivity contribution >= 4 is 45.6 Å². The van der Waals surface area contributed by atoms with Gasteiger partial charge in [0, 0.05) is 38.7 Å². The lowest BCUT2D eigenvalue weighted by molar-refractivity contribution is 0.156. The molecule has 2 aliphatic heterocycles. The lowest BCUT2D eigenvalue weighted by Crippen LogP contribution is -2.43. The van der Waals surface area contributed by atoms with Gasteiger partial charge in [-0.15, -0.1) is 24.0 Å². The summed E-state index contributed by atoms with van der Waals surface area (Å²) < 4.78 is 46.0. The Labute approximate surface area is 183 Å². The van der Waals surface area contributed by atoms with E-state index in [9.17, 15) is 12.8 Å². The van der Waals surface area contributed by atoms with Crippen molar-refractivity contribution in [2.75, 3.05) is 50.4 Å². The lowest BCUT2D eigenvalue weighted by atomic mass is 9.87. The first-order valence-electron chi connectivity index (χ1n) is 9.13. The highest BCUT2D eigenvalue weighted by molar-refractivity contribution is 14.0. The van der Waals surface area contributed by atoms with Crippen molar-refractivity contribution in [3.8, 4) is 0 Å². The first-order chi connectivity index (χ1) is 12.8. The molecule has 7 nitrogen and oxygen atoms in total. The molecule has 2 saturated heterocycles. The molecule has 28 heavy (non-hydrogen) atoms. The van der Waals surface area contributed by atoms with E-state index >= 15 is 0 Å². The summed E-state index contributed by atoms with van der Waals surface area (Å²) >= 11 is 0. The highest BCUT2D eigenvalue weighted by Crippen LogP contribution is 2.38. The van der Waals surface area contributed by atoms with Crippen molar-refractivity contribution in [2.24, 2.45) is 10.4 Å². The van der Waals surface area contributed by atoms with Crippen LogP contribution in [0.4, 0.5) is 10.1 Å². The van der Waals surface area contributed by atoms with E-state index in [1.54, 1.807) is 26.1 Å². The molecule has 0 bridgehead atoms. The first kappa shape index (κ1) is 23.1. The van der Waals surface area contributed by atoms with Crippen LogP contribution in [0, 0.1) is 18.2 Å². The number of halogens is 2. The average Bonchev–Trinajstić information content (AvgIpc) is 3.25. The highest BCUT2D eigenvalue weighted by Gasteiger charge is 2.42. The fourth-order valence-corrected chi connectivity index (χ4v) is 4.56. The second-order valence-electron chi connectivity index (χ2n) is 7.33. The third-order valence-corrected chi connectivity index (χ3v) is 6.52. The molecule has 1 atom stereocenters. The molecule has 2 N–H and O–H groups in total. The molecule has 0 amide bonds. The number of nitrogens with zero attached hydrogens (tertiary/aromatic N) is 2. The summed E-state index contributed by atoms with van der Waals surface area (Å²) in [5, 5.41) is 3.12. The molecule has 0 aromatic heterocycles. The van der Waals surface area contributed by atoms with Crippen LogP contribution >= 0.6 is 24.0 Å². The van der Waals surface area contributed by atoms with Crippen LogP contribution in [0.5, 0.6) is 0 Å². The van der Waals surface area contributed by atoms with E-state index in [0.29, 0.717) is 11.5 Å². The molecule has 2 fully saturated rings. The van der Waals surface area contributed by atoms with Gasteiger partial charge in [-0.1, -0.05) is 6.07 Å². The third-order valence-electron chi connectivity index (χ3n) is 5.23. The van der Waals surface area contributed by atoms with Gasteiger partial charge < -0.3 is 15.0 Å². The van der Waals surface area contributed by atoms with Crippen molar-refractivity contribution in [1.82, 2.24) is 10.2 Å². The van der Waals surface area contributed by atoms with Crippen molar-refractivity contribution in [2.45, 2.75) is 19.8 Å². The SMILES string of the molecule is CN=C(NCCS(=O)(=O)Nc1ccc(C)c(F)c1)N1CCC2(CCOC2)C1.I. The zero-order valence-corrected chi connectivity index (χ0v) is 19.3. The number of ether oxygens (including phenoxy) is 1. The smallest absolute Gasteiger partial charge is 0.234 e. The second-order valence-corrected chi connectivity index (χ2v) is 9.17. The molecule has 158 valence electrons. The lowest BCUT2D eigenvalue weighted by Gasteiger charge is -2.25. The van der Waals surface area contributed by atoms with E-state index in [1.165, 1.54) is 6.07 Å². The van der Waals surface area contributed by atoms with E-state index in [0.717, 1.165) is 39.1 Å². The van der Waals surface area contributed by atoms with Crippen LogP contribution in [-0.4, -0.2) is 64.9 Å². The first-order valence-corrected chi connectivity index (χ1v) is 10.8. The Kier molecular flexibility index (Phi) is 7.91. The Balaban J connectivity index is 0.00000280. The number of likely N-dealkylation sites (tertiary alicyclic amines) is 1. The van der Waals surface area contributed by atoms with E-state index in [4.69, 9.17) is 4.74 Å². The molecule has 2 aliphatic rings. The number of anilines is 1. The Hall–Kier alpha value is -1.14. The Bertz CT molecular complexity index is 813. The molecule has 0 aliphatic carbocycles. The van der Waals surface area contributed by atoms with Crippen LogP contribution in [-0.2, 0) is 14.8 Å². The summed E-state index contributed by atoms with van der Waals surface area (Å²) in [6.07, 6.45) is 2.12. The van der Waals surface area contributed by atoms with Gasteiger partial charge >= 0.3 is 0 Å². The molecule has 10 heteroatoms. The highest BCUT2D eigenvalue weighted by atomic mass is 127. The van der Waals surface area contributed by atoms with E-state index in [1.807, 2.05) is 0 Å². The second kappa shape index (κ2) is 9.57. The van der Waals surface area contributed by atoms with Crippen molar-refractivity contribution in [1.29, 1.82) is 0 Å². The maximum atomic E-state index is 13.6. The summed E-state index contributed by atoms with van der Waals surface area (Å²) in [4.78, 5) is 6.43. The Morgan fingerprint density at radius 3 is 2.82 bits per heavy atom. The standard InChI is InChI=1S/C18H27FN4O3S.HI/c1-14-3-4-15(11-16(14)19)22-27(24,25)10-7-21-17(20-2)23-8-5-18(12-23)6-9-26-13-18;/h3-4,11,22H,5-10,12-13H2,1-2H3,(H,20,21);1H. The van der Waals surface area contributed by atoms with Gasteiger partial charge in [0.2, 0.25) is 10.0 Å². The van der Waals surface area contributed by atoms with Gasteiger partial charge in [0.05, 0.1) is 18.0 Å². The van der Waals surface area contributed by atoms with E-state index < -0.39 is 15.8 Å². The van der Waals surface area contributed by atoms with Gasteiger partial charge in [0.25, 0.3) is 0 Å². The zero-order chi connectivity index (χ0) is 19.5. The number of benzene rings is 1. The van der Waals surface area contributed by atoms with Gasteiger partial charge in [0.1, 0.15) is 5.82 Å². The largest absolute Gasteiger partial charge is 0.381 e. The van der Waals surface area contributed by atoms with E-state index in [-0.39, 0.29) is 47.4 Å². The van der Waals surface area contributed by atoms with Crippen LogP contribution < -0.4 is 10.0 Å². The summed E-state index contributed by atoms with van der Waals surface area (Å²) in [6, 6.07) is 4.28. The van der Waals surface area contributed by atoms with Crippen molar-refractivity contribution in [3.05, 3.63) is 29.6 Å². The molecule has 1 spiro atoms. The third kappa shape index (κ3) is 5.69. The van der Waals surface area contributed by atoms with Gasteiger partial charge in [-0.25, -0.2) is 12.8 Å². The topological polar surface area (TPSA) is 83.0 Å². The Morgan fingerprint density at radius 2 is 2.18 bits per heavy atom. The minimum atomic E-state index is -3.59. The molecule has 1 aromatic carbocycles. The van der Waals surface area contributed by atoms with Gasteiger partial charge in [0.15, 0.2) is 5.96 Å². The fraction of sp³-hybridized carbons (Fsp3) is 0.611. The maximum Gasteiger partial charge on any atom is 0.234 e. The van der Waals surface area contributed by atoms with Crippen LogP contribution in [0.1, 0.15) is 18.4 Å². The number of sulfonamides is 1. The molecular formula is C18H28FIN4O3S. The summed E-state index contributed by atoms with van der Waals surface area (Å²) in [7, 11) is -1.89. The van der Waals surface area contributed by atoms with Crippen molar-refractivity contribution in [3.63, 3.8) is 0 Å². The van der Waals surface area contributed by atoms with Crippen LogP contribution in [0.15, 0.2) is 23.2 Å². The van der Waals surface area contributed by atoms with Crippen LogP contribution in [0.2, 0.25) is 0 Å². The summed E-state index contributed by atoms with van der Waals surface area (Å²) in [6.45, 7) is 5.20. The zero-order valence-electron chi connectivity index (χ0n) is 16.2. The quantitative estimate of drug-likeness (QED) is 0.349. The minimum absolute atomic E-state index is 0. The fourth-order valence-electron chi connectivity index (χ4n) is 3.60. The summed E-state index contributed by atoms with van der Waals surface area (Å²) in [5.41, 5.74) is 0.908. The molecular weight excluding hydrogens is 498 g/mol.